The number of ether oxygens (including phenoxy) is 2. The molecule has 0 atom stereocenters. The predicted octanol–water partition coefficient (Wildman–Crippen LogP) is 5.33. The molecule has 0 amide bonds. The molecule has 0 aliphatic rings. The Kier molecular flexibility index (Phi) is 7.20. The minimum atomic E-state index is -0.500. The molecule has 0 radical (unpaired) electrons. The van der Waals surface area contributed by atoms with Gasteiger partial charge in [0, 0.05) is 5.75 Å². The van der Waals surface area contributed by atoms with E-state index < -0.39 is 5.60 Å². The number of para-hydroxylation sites is 3. The summed E-state index contributed by atoms with van der Waals surface area (Å²) in [6.45, 7) is 6.49. The number of esters is 1. The summed E-state index contributed by atoms with van der Waals surface area (Å²) in [6.07, 6.45) is 1.97. The summed E-state index contributed by atoms with van der Waals surface area (Å²) in [5.41, 5.74) is 1.35. The number of hydrogen-bond acceptors (Lipinski definition) is 5. The van der Waals surface area contributed by atoms with Crippen molar-refractivity contribution in [1.82, 2.24) is 9.55 Å². The fourth-order valence-corrected chi connectivity index (χ4v) is 3.91. The van der Waals surface area contributed by atoms with Crippen LogP contribution < -0.4 is 4.74 Å². The van der Waals surface area contributed by atoms with E-state index >= 15 is 0 Å². The molecule has 29 heavy (non-hydrogen) atoms. The second-order valence-corrected chi connectivity index (χ2v) is 8.83. The van der Waals surface area contributed by atoms with Crippen LogP contribution in [0, 0.1) is 0 Å². The van der Waals surface area contributed by atoms with Gasteiger partial charge in [0.2, 0.25) is 0 Å². The van der Waals surface area contributed by atoms with Crippen molar-refractivity contribution in [2.24, 2.45) is 0 Å². The van der Waals surface area contributed by atoms with Gasteiger partial charge in [-0.1, -0.05) is 42.1 Å². The maximum absolute atomic E-state index is 12.4. The average Bonchev–Trinajstić information content (AvgIpc) is 3.01. The normalized spacial score (nSPS) is 11.6. The highest BCUT2D eigenvalue weighted by atomic mass is 32.2. The summed E-state index contributed by atoms with van der Waals surface area (Å²) < 4.78 is 13.2. The van der Waals surface area contributed by atoms with Gasteiger partial charge in [-0.25, -0.2) is 4.98 Å². The maximum Gasteiger partial charge on any atom is 0.326 e. The fourth-order valence-electron chi connectivity index (χ4n) is 2.89. The fraction of sp³-hybridized carbons (Fsp3) is 0.391. The number of imidazole rings is 1. The second kappa shape index (κ2) is 9.83. The zero-order valence-electron chi connectivity index (χ0n) is 17.3. The van der Waals surface area contributed by atoms with Gasteiger partial charge in [-0.3, -0.25) is 4.79 Å². The van der Waals surface area contributed by atoms with Gasteiger partial charge >= 0.3 is 5.97 Å². The lowest BCUT2D eigenvalue weighted by Crippen LogP contribution is -2.26. The van der Waals surface area contributed by atoms with E-state index in [-0.39, 0.29) is 12.5 Å². The largest absolute Gasteiger partial charge is 0.494 e. The van der Waals surface area contributed by atoms with Crippen LogP contribution in [0.2, 0.25) is 0 Å². The third-order valence-electron chi connectivity index (χ3n) is 4.11. The number of benzene rings is 2. The van der Waals surface area contributed by atoms with E-state index in [0.717, 1.165) is 40.5 Å². The van der Waals surface area contributed by atoms with Crippen LogP contribution in [0.3, 0.4) is 0 Å². The molecule has 2 aromatic carbocycles. The predicted molar refractivity (Wildman–Crippen MR) is 117 cm³/mol. The molecule has 3 aromatic rings. The molecule has 1 heterocycles. The monoisotopic (exact) mass is 412 g/mol. The van der Waals surface area contributed by atoms with E-state index in [1.54, 1.807) is 11.8 Å². The molecule has 3 rings (SSSR count). The van der Waals surface area contributed by atoms with E-state index in [9.17, 15) is 4.79 Å². The first-order chi connectivity index (χ1) is 13.9. The Hall–Kier alpha value is -2.47. The van der Waals surface area contributed by atoms with Crippen LogP contribution in [-0.4, -0.2) is 33.5 Å². The third-order valence-corrected chi connectivity index (χ3v) is 5.17. The molecule has 0 bridgehead atoms. The maximum atomic E-state index is 12.4. The molecule has 0 N–H and O–H groups in total. The van der Waals surface area contributed by atoms with Crippen molar-refractivity contribution in [3.8, 4) is 5.75 Å². The Morgan fingerprint density at radius 1 is 1.03 bits per heavy atom. The summed E-state index contributed by atoms with van der Waals surface area (Å²) in [5, 5.41) is 0.848. The number of carbonyl (C=O) groups excluding carboxylic acids is 1. The number of hydrogen-bond donors (Lipinski definition) is 0. The lowest BCUT2D eigenvalue weighted by Gasteiger charge is -2.20. The number of thioether (sulfide) groups is 1. The topological polar surface area (TPSA) is 53.4 Å². The quantitative estimate of drug-likeness (QED) is 0.270. The standard InChI is InChI=1S/C23H28N2O3S/c1-23(2,3)28-21(26)17-25-20-14-8-7-13-19(20)24-22(25)29-16-10-9-15-27-18-11-5-4-6-12-18/h4-8,11-14H,9-10,15-17H2,1-3H3. The second-order valence-electron chi connectivity index (χ2n) is 7.77. The van der Waals surface area contributed by atoms with Crippen molar-refractivity contribution in [2.45, 2.75) is 50.9 Å². The third kappa shape index (κ3) is 6.53. The van der Waals surface area contributed by atoms with E-state index in [1.165, 1.54) is 0 Å². The highest BCUT2D eigenvalue weighted by Crippen LogP contribution is 2.25. The molecule has 0 saturated heterocycles. The van der Waals surface area contributed by atoms with Crippen molar-refractivity contribution < 1.29 is 14.3 Å². The van der Waals surface area contributed by atoms with Gasteiger partial charge in [0.15, 0.2) is 5.16 Å². The van der Waals surface area contributed by atoms with Crippen molar-refractivity contribution >= 4 is 28.8 Å². The highest BCUT2D eigenvalue weighted by molar-refractivity contribution is 7.99. The van der Waals surface area contributed by atoms with Crippen LogP contribution >= 0.6 is 11.8 Å². The zero-order chi connectivity index (χ0) is 20.7. The van der Waals surface area contributed by atoms with Crippen LogP contribution in [-0.2, 0) is 16.1 Å². The Bertz CT molecular complexity index is 932. The van der Waals surface area contributed by atoms with Gasteiger partial charge in [0.25, 0.3) is 0 Å². The molecule has 0 spiro atoms. The minimum absolute atomic E-state index is 0.164. The van der Waals surface area contributed by atoms with Gasteiger partial charge < -0.3 is 14.0 Å². The first-order valence-electron chi connectivity index (χ1n) is 9.90. The molecule has 0 saturated carbocycles. The summed E-state index contributed by atoms with van der Waals surface area (Å²) in [6, 6.07) is 17.7. The Morgan fingerprint density at radius 2 is 1.76 bits per heavy atom. The number of fused-ring (bicyclic) bond motifs is 1. The van der Waals surface area contributed by atoms with Crippen molar-refractivity contribution in [3.63, 3.8) is 0 Å². The van der Waals surface area contributed by atoms with E-state index in [1.807, 2.05) is 79.9 Å². The van der Waals surface area contributed by atoms with Crippen LogP contribution in [0.15, 0.2) is 59.8 Å². The molecule has 0 aliphatic carbocycles. The summed E-state index contributed by atoms with van der Waals surface area (Å²) in [5.74, 6) is 1.56. The zero-order valence-corrected chi connectivity index (χ0v) is 18.1. The molecular formula is C23H28N2O3S. The molecule has 5 nitrogen and oxygen atoms in total. The Labute approximate surface area is 176 Å². The summed E-state index contributed by atoms with van der Waals surface area (Å²) in [4.78, 5) is 17.1. The van der Waals surface area contributed by atoms with Crippen LogP contribution in [0.5, 0.6) is 5.75 Å². The Morgan fingerprint density at radius 3 is 2.52 bits per heavy atom. The number of aromatic nitrogens is 2. The Balaban J connectivity index is 1.56. The number of rotatable bonds is 9. The molecule has 1 aromatic heterocycles. The van der Waals surface area contributed by atoms with Crippen LogP contribution in [0.1, 0.15) is 33.6 Å². The van der Waals surface area contributed by atoms with Gasteiger partial charge in [0.05, 0.1) is 17.6 Å². The van der Waals surface area contributed by atoms with E-state index in [4.69, 9.17) is 14.5 Å². The first-order valence-corrected chi connectivity index (χ1v) is 10.9. The van der Waals surface area contributed by atoms with E-state index in [0.29, 0.717) is 6.61 Å². The van der Waals surface area contributed by atoms with Crippen LogP contribution in [0.4, 0.5) is 0 Å². The van der Waals surface area contributed by atoms with Crippen molar-refractivity contribution in [3.05, 3.63) is 54.6 Å². The summed E-state index contributed by atoms with van der Waals surface area (Å²) >= 11 is 1.67. The molecule has 154 valence electrons. The average molecular weight is 413 g/mol. The number of carbonyl (C=O) groups is 1. The number of unbranched alkanes of at least 4 members (excludes halogenated alkanes) is 1. The number of nitrogens with zero attached hydrogens (tertiary/aromatic N) is 2. The lowest BCUT2D eigenvalue weighted by atomic mass is 10.2. The molecule has 0 aliphatic heterocycles. The van der Waals surface area contributed by atoms with E-state index in [2.05, 4.69) is 0 Å². The van der Waals surface area contributed by atoms with Crippen LogP contribution in [0.25, 0.3) is 11.0 Å². The lowest BCUT2D eigenvalue weighted by molar-refractivity contribution is -0.155. The molecular weight excluding hydrogens is 384 g/mol. The van der Waals surface area contributed by atoms with Gasteiger partial charge in [0.1, 0.15) is 17.9 Å². The highest BCUT2D eigenvalue weighted by Gasteiger charge is 2.19. The SMILES string of the molecule is CC(C)(C)OC(=O)Cn1c(SCCCCOc2ccccc2)nc2ccccc21. The minimum Gasteiger partial charge on any atom is -0.494 e. The van der Waals surface area contributed by atoms with Crippen molar-refractivity contribution in [1.29, 1.82) is 0 Å². The molecule has 0 fully saturated rings. The smallest absolute Gasteiger partial charge is 0.326 e. The summed E-state index contributed by atoms with van der Waals surface area (Å²) in [7, 11) is 0. The van der Waals surface area contributed by atoms with Crippen molar-refractivity contribution in [2.75, 3.05) is 12.4 Å². The molecule has 6 heteroatoms. The van der Waals surface area contributed by atoms with Gasteiger partial charge in [-0.05, 0) is 57.9 Å². The van der Waals surface area contributed by atoms with Gasteiger partial charge in [-0.2, -0.15) is 0 Å². The van der Waals surface area contributed by atoms with Gasteiger partial charge in [-0.15, -0.1) is 0 Å². The first kappa shape index (κ1) is 21.2. The molecule has 0 unspecified atom stereocenters.